The van der Waals surface area contributed by atoms with Crippen LogP contribution in [0.1, 0.15) is 15.4 Å². The number of nitrogens with one attached hydrogen (secondary N) is 1. The smallest absolute Gasteiger partial charge is 0.275 e. The molecule has 2 heterocycles. The van der Waals surface area contributed by atoms with E-state index >= 15 is 0 Å². The summed E-state index contributed by atoms with van der Waals surface area (Å²) in [4.78, 5) is 25.9. The highest BCUT2D eigenvalue weighted by molar-refractivity contribution is 7.09. The SMILES string of the molecule is Cn1nc(C(=O)NCCc2cccs2)c(=O)c2cc(Cl)ccc21. The fourth-order valence-corrected chi connectivity index (χ4v) is 3.22. The van der Waals surface area contributed by atoms with Gasteiger partial charge in [-0.15, -0.1) is 11.3 Å². The molecule has 23 heavy (non-hydrogen) atoms. The van der Waals surface area contributed by atoms with Crippen LogP contribution in [-0.4, -0.2) is 22.2 Å². The second-order valence-corrected chi connectivity index (χ2v) is 6.52. The summed E-state index contributed by atoms with van der Waals surface area (Å²) in [5.41, 5.74) is 0.109. The van der Waals surface area contributed by atoms with Crippen molar-refractivity contribution in [3.05, 3.63) is 61.5 Å². The van der Waals surface area contributed by atoms with E-state index in [9.17, 15) is 9.59 Å². The van der Waals surface area contributed by atoms with E-state index in [1.54, 1.807) is 36.6 Å². The fraction of sp³-hybridized carbons (Fsp3) is 0.188. The van der Waals surface area contributed by atoms with E-state index < -0.39 is 11.3 Å². The molecule has 0 aliphatic carbocycles. The third-order valence-corrected chi connectivity index (χ3v) is 4.64. The molecule has 0 atom stereocenters. The van der Waals surface area contributed by atoms with Crippen LogP contribution in [0.3, 0.4) is 0 Å². The first-order valence-electron chi connectivity index (χ1n) is 7.03. The molecule has 118 valence electrons. The fourth-order valence-electron chi connectivity index (χ4n) is 2.34. The van der Waals surface area contributed by atoms with Crippen molar-refractivity contribution < 1.29 is 4.79 Å². The Labute approximate surface area is 141 Å². The summed E-state index contributed by atoms with van der Waals surface area (Å²) in [6, 6.07) is 8.93. The van der Waals surface area contributed by atoms with Gasteiger partial charge < -0.3 is 5.32 Å². The van der Waals surface area contributed by atoms with E-state index in [1.165, 1.54) is 9.56 Å². The van der Waals surface area contributed by atoms with Crippen LogP contribution in [0.4, 0.5) is 0 Å². The molecule has 0 radical (unpaired) electrons. The van der Waals surface area contributed by atoms with Gasteiger partial charge >= 0.3 is 0 Å². The van der Waals surface area contributed by atoms with Gasteiger partial charge in [-0.2, -0.15) is 5.10 Å². The van der Waals surface area contributed by atoms with Crippen LogP contribution < -0.4 is 10.7 Å². The van der Waals surface area contributed by atoms with Crippen molar-refractivity contribution in [3.8, 4) is 0 Å². The average molecular weight is 348 g/mol. The first kappa shape index (κ1) is 15.7. The second-order valence-electron chi connectivity index (χ2n) is 5.05. The van der Waals surface area contributed by atoms with Gasteiger partial charge in [0.05, 0.1) is 10.9 Å². The summed E-state index contributed by atoms with van der Waals surface area (Å²) in [5.74, 6) is -0.468. The number of amides is 1. The summed E-state index contributed by atoms with van der Waals surface area (Å²) in [6.07, 6.45) is 0.725. The van der Waals surface area contributed by atoms with Crippen LogP contribution in [0.15, 0.2) is 40.5 Å². The van der Waals surface area contributed by atoms with Crippen LogP contribution in [0, 0.1) is 0 Å². The summed E-state index contributed by atoms with van der Waals surface area (Å²) >= 11 is 7.58. The first-order valence-corrected chi connectivity index (χ1v) is 8.29. The number of benzene rings is 1. The minimum Gasteiger partial charge on any atom is -0.350 e. The van der Waals surface area contributed by atoms with Gasteiger partial charge in [0.15, 0.2) is 5.69 Å². The van der Waals surface area contributed by atoms with Gasteiger partial charge in [0.25, 0.3) is 5.91 Å². The van der Waals surface area contributed by atoms with Crippen molar-refractivity contribution >= 4 is 39.7 Å². The molecular formula is C16H14ClN3O2S. The molecular weight excluding hydrogens is 334 g/mol. The van der Waals surface area contributed by atoms with Crippen LogP contribution in [0.2, 0.25) is 5.02 Å². The highest BCUT2D eigenvalue weighted by atomic mass is 35.5. The lowest BCUT2D eigenvalue weighted by molar-refractivity contribution is 0.0946. The van der Waals surface area contributed by atoms with E-state index in [2.05, 4.69) is 10.4 Å². The zero-order valence-corrected chi connectivity index (χ0v) is 13.9. The average Bonchev–Trinajstić information content (AvgIpc) is 3.04. The second kappa shape index (κ2) is 6.52. The van der Waals surface area contributed by atoms with E-state index in [1.807, 2.05) is 17.5 Å². The van der Waals surface area contributed by atoms with Crippen LogP contribution in [0.25, 0.3) is 10.9 Å². The Balaban J connectivity index is 1.85. The van der Waals surface area contributed by atoms with Gasteiger partial charge in [0, 0.05) is 23.5 Å². The van der Waals surface area contributed by atoms with Crippen LogP contribution in [-0.2, 0) is 13.5 Å². The molecule has 0 saturated carbocycles. The number of thiophene rings is 1. The zero-order valence-electron chi connectivity index (χ0n) is 12.4. The molecule has 0 fully saturated rings. The van der Waals surface area contributed by atoms with E-state index in [0.29, 0.717) is 22.5 Å². The zero-order chi connectivity index (χ0) is 16.4. The topological polar surface area (TPSA) is 64.0 Å². The highest BCUT2D eigenvalue weighted by Gasteiger charge is 2.16. The third-order valence-electron chi connectivity index (χ3n) is 3.47. The Morgan fingerprint density at radius 1 is 1.39 bits per heavy atom. The number of aryl methyl sites for hydroxylation is 1. The Morgan fingerprint density at radius 2 is 2.22 bits per heavy atom. The minimum atomic E-state index is -0.468. The highest BCUT2D eigenvalue weighted by Crippen LogP contribution is 2.15. The molecule has 1 amide bonds. The van der Waals surface area contributed by atoms with E-state index in [0.717, 1.165) is 6.42 Å². The van der Waals surface area contributed by atoms with Crippen molar-refractivity contribution in [2.75, 3.05) is 6.54 Å². The van der Waals surface area contributed by atoms with E-state index in [-0.39, 0.29) is 5.69 Å². The third kappa shape index (κ3) is 3.28. The summed E-state index contributed by atoms with van der Waals surface area (Å²) < 4.78 is 1.52. The monoisotopic (exact) mass is 347 g/mol. The van der Waals surface area contributed by atoms with E-state index in [4.69, 9.17) is 11.6 Å². The number of halogens is 1. The molecule has 0 unspecified atom stereocenters. The Kier molecular flexibility index (Phi) is 4.45. The summed E-state index contributed by atoms with van der Waals surface area (Å²) in [7, 11) is 1.69. The molecule has 2 aromatic heterocycles. The quantitative estimate of drug-likeness (QED) is 0.789. The summed E-state index contributed by atoms with van der Waals surface area (Å²) in [5, 5.41) is 9.67. The molecule has 5 nitrogen and oxygen atoms in total. The molecule has 3 aromatic rings. The van der Waals surface area contributed by atoms with Crippen molar-refractivity contribution in [2.45, 2.75) is 6.42 Å². The van der Waals surface area contributed by atoms with Gasteiger partial charge in [-0.3, -0.25) is 14.3 Å². The van der Waals surface area contributed by atoms with Crippen molar-refractivity contribution in [1.82, 2.24) is 15.1 Å². The van der Waals surface area contributed by atoms with Gasteiger partial charge in [-0.1, -0.05) is 17.7 Å². The number of hydrogen-bond acceptors (Lipinski definition) is 4. The number of carbonyl (C=O) groups excluding carboxylic acids is 1. The minimum absolute atomic E-state index is 0.117. The number of rotatable bonds is 4. The molecule has 3 rings (SSSR count). The molecule has 0 bridgehead atoms. The van der Waals surface area contributed by atoms with Crippen molar-refractivity contribution in [2.24, 2.45) is 7.05 Å². The Hall–Kier alpha value is -2.18. The lowest BCUT2D eigenvalue weighted by Gasteiger charge is -2.08. The molecule has 7 heteroatoms. The lowest BCUT2D eigenvalue weighted by atomic mass is 10.2. The molecule has 1 aromatic carbocycles. The molecule has 0 aliphatic heterocycles. The number of nitrogens with zero attached hydrogens (tertiary/aromatic N) is 2. The molecule has 0 spiro atoms. The maximum absolute atomic E-state index is 12.5. The number of fused-ring (bicyclic) bond motifs is 1. The van der Waals surface area contributed by atoms with Gasteiger partial charge in [-0.05, 0) is 36.1 Å². The number of carbonyl (C=O) groups is 1. The van der Waals surface area contributed by atoms with Gasteiger partial charge in [0.1, 0.15) is 0 Å². The standard InChI is InChI=1S/C16H14ClN3O2S/c1-20-13-5-4-10(17)9-12(13)15(21)14(19-20)16(22)18-7-6-11-3-2-8-23-11/h2-5,8-9H,6-7H2,1H3,(H,18,22). The summed E-state index contributed by atoms with van der Waals surface area (Å²) in [6.45, 7) is 0.456. The number of hydrogen-bond donors (Lipinski definition) is 1. The molecule has 1 N–H and O–H groups in total. The van der Waals surface area contributed by atoms with Crippen molar-refractivity contribution in [1.29, 1.82) is 0 Å². The maximum Gasteiger partial charge on any atom is 0.275 e. The van der Waals surface area contributed by atoms with Crippen LogP contribution >= 0.6 is 22.9 Å². The van der Waals surface area contributed by atoms with Crippen molar-refractivity contribution in [3.63, 3.8) is 0 Å². The first-order chi connectivity index (χ1) is 11.1. The van der Waals surface area contributed by atoms with Gasteiger partial charge in [-0.25, -0.2) is 0 Å². The van der Waals surface area contributed by atoms with Crippen LogP contribution in [0.5, 0.6) is 0 Å². The predicted octanol–water partition coefficient (Wildman–Crippen LogP) is 2.62. The number of aromatic nitrogens is 2. The molecule has 0 aliphatic rings. The molecule has 0 saturated heterocycles. The predicted molar refractivity (Wildman–Crippen MR) is 92.4 cm³/mol. The maximum atomic E-state index is 12.5. The Bertz CT molecular complexity index is 919. The van der Waals surface area contributed by atoms with Gasteiger partial charge in [0.2, 0.25) is 5.43 Å². The largest absolute Gasteiger partial charge is 0.350 e. The lowest BCUT2D eigenvalue weighted by Crippen LogP contribution is -2.32. The Morgan fingerprint density at radius 3 is 2.96 bits per heavy atom. The normalized spacial score (nSPS) is 10.9.